The molecule has 1 heterocycles. The van der Waals surface area contributed by atoms with Gasteiger partial charge in [-0.15, -0.1) is 5.10 Å². The van der Waals surface area contributed by atoms with Gasteiger partial charge in [-0.25, -0.2) is 4.68 Å². The lowest BCUT2D eigenvalue weighted by molar-refractivity contribution is 0.101. The molecule has 3 rings (SSSR count). The van der Waals surface area contributed by atoms with Crippen molar-refractivity contribution in [1.29, 1.82) is 0 Å². The number of carbonyl (C=O) groups is 1. The summed E-state index contributed by atoms with van der Waals surface area (Å²) in [5.41, 5.74) is 1.74. The van der Waals surface area contributed by atoms with Crippen molar-refractivity contribution in [2.45, 2.75) is 18.6 Å². The van der Waals surface area contributed by atoms with Crippen LogP contribution in [-0.2, 0) is 6.54 Å². The zero-order chi connectivity index (χ0) is 17.5. The molecule has 6 nitrogen and oxygen atoms in total. The Morgan fingerprint density at radius 1 is 1.12 bits per heavy atom. The first-order valence-electron chi connectivity index (χ1n) is 7.89. The highest BCUT2D eigenvalue weighted by Crippen LogP contribution is 2.20. The number of hydrogen-bond acceptors (Lipinski definition) is 6. The van der Waals surface area contributed by atoms with Crippen LogP contribution >= 0.6 is 11.8 Å². The number of Topliss-reactive ketones (excluding diaryl/α,β-unsaturated/α-hetero) is 1. The van der Waals surface area contributed by atoms with E-state index >= 15 is 0 Å². The highest BCUT2D eigenvalue weighted by molar-refractivity contribution is 7.99. The number of rotatable bonds is 8. The fourth-order valence-corrected chi connectivity index (χ4v) is 3.02. The summed E-state index contributed by atoms with van der Waals surface area (Å²) >= 11 is 1.52. The van der Waals surface area contributed by atoms with E-state index in [9.17, 15) is 4.79 Å². The molecule has 0 fully saturated rings. The predicted molar refractivity (Wildman–Crippen MR) is 96.0 cm³/mol. The van der Waals surface area contributed by atoms with Crippen LogP contribution in [0.1, 0.15) is 22.8 Å². The number of para-hydroxylation sites is 1. The van der Waals surface area contributed by atoms with Crippen molar-refractivity contribution >= 4 is 17.5 Å². The Hall–Kier alpha value is -2.67. The van der Waals surface area contributed by atoms with Gasteiger partial charge in [0.2, 0.25) is 5.16 Å². The summed E-state index contributed by atoms with van der Waals surface area (Å²) < 4.78 is 7.50. The van der Waals surface area contributed by atoms with Crippen molar-refractivity contribution in [2.24, 2.45) is 0 Å². The van der Waals surface area contributed by atoms with Gasteiger partial charge in [-0.1, -0.05) is 54.2 Å². The van der Waals surface area contributed by atoms with Gasteiger partial charge in [-0.3, -0.25) is 4.79 Å². The predicted octanol–water partition coefficient (Wildman–Crippen LogP) is 3.10. The monoisotopic (exact) mass is 354 g/mol. The van der Waals surface area contributed by atoms with Gasteiger partial charge in [0.1, 0.15) is 5.75 Å². The van der Waals surface area contributed by atoms with Gasteiger partial charge in [0.15, 0.2) is 5.78 Å². The van der Waals surface area contributed by atoms with Crippen LogP contribution in [-0.4, -0.2) is 38.4 Å². The van der Waals surface area contributed by atoms with Crippen molar-refractivity contribution < 1.29 is 9.53 Å². The SMILES string of the molecule is CC(=O)c1ccccc1OCCSc1nnnn1Cc1ccccc1. The summed E-state index contributed by atoms with van der Waals surface area (Å²) in [5.74, 6) is 1.29. The molecule has 0 aliphatic carbocycles. The van der Waals surface area contributed by atoms with Gasteiger partial charge in [-0.05, 0) is 35.0 Å². The molecule has 0 radical (unpaired) electrons. The molecule has 3 aromatic rings. The molecular formula is C18H18N4O2S. The lowest BCUT2D eigenvalue weighted by Gasteiger charge is -2.09. The third-order valence-electron chi connectivity index (χ3n) is 3.51. The van der Waals surface area contributed by atoms with Gasteiger partial charge in [0, 0.05) is 5.75 Å². The molecule has 1 aromatic heterocycles. The fourth-order valence-electron chi connectivity index (χ4n) is 2.32. The summed E-state index contributed by atoms with van der Waals surface area (Å²) in [4.78, 5) is 11.6. The van der Waals surface area contributed by atoms with Crippen molar-refractivity contribution in [2.75, 3.05) is 12.4 Å². The van der Waals surface area contributed by atoms with Crippen LogP contribution < -0.4 is 4.74 Å². The molecule has 0 bridgehead atoms. The summed E-state index contributed by atoms with van der Waals surface area (Å²) in [7, 11) is 0. The molecule has 2 aromatic carbocycles. The molecule has 0 atom stereocenters. The summed E-state index contributed by atoms with van der Waals surface area (Å²) in [6.45, 7) is 2.63. The van der Waals surface area contributed by atoms with Gasteiger partial charge >= 0.3 is 0 Å². The number of ether oxygens (including phenoxy) is 1. The summed E-state index contributed by atoms with van der Waals surface area (Å²) in [6, 6.07) is 17.3. The third-order valence-corrected chi connectivity index (χ3v) is 4.43. The van der Waals surface area contributed by atoms with E-state index in [1.165, 1.54) is 18.7 Å². The number of ketones is 1. The number of thioether (sulfide) groups is 1. The Morgan fingerprint density at radius 2 is 1.88 bits per heavy atom. The van der Waals surface area contributed by atoms with Crippen LogP contribution in [0.25, 0.3) is 0 Å². The second-order valence-corrected chi connectivity index (χ2v) is 6.42. The zero-order valence-electron chi connectivity index (χ0n) is 13.8. The molecule has 0 spiro atoms. The van der Waals surface area contributed by atoms with E-state index in [1.54, 1.807) is 16.8 Å². The maximum absolute atomic E-state index is 11.6. The molecular weight excluding hydrogens is 336 g/mol. The molecule has 128 valence electrons. The topological polar surface area (TPSA) is 69.9 Å². The van der Waals surface area contributed by atoms with Crippen LogP contribution in [0.4, 0.5) is 0 Å². The summed E-state index contributed by atoms with van der Waals surface area (Å²) in [5, 5.41) is 12.6. The number of carbonyl (C=O) groups excluding carboxylic acids is 1. The van der Waals surface area contributed by atoms with Crippen LogP contribution in [0, 0.1) is 0 Å². The number of nitrogens with zero attached hydrogens (tertiary/aromatic N) is 4. The molecule has 7 heteroatoms. The highest BCUT2D eigenvalue weighted by Gasteiger charge is 2.09. The number of benzene rings is 2. The molecule has 0 amide bonds. The first-order chi connectivity index (χ1) is 12.2. The Balaban J connectivity index is 1.54. The second-order valence-electron chi connectivity index (χ2n) is 5.35. The Labute approximate surface area is 150 Å². The van der Waals surface area contributed by atoms with Crippen LogP contribution in [0.3, 0.4) is 0 Å². The highest BCUT2D eigenvalue weighted by atomic mass is 32.2. The molecule has 25 heavy (non-hydrogen) atoms. The van der Waals surface area contributed by atoms with E-state index in [2.05, 4.69) is 15.5 Å². The van der Waals surface area contributed by atoms with Crippen LogP contribution in [0.15, 0.2) is 59.8 Å². The quantitative estimate of drug-likeness (QED) is 0.352. The van der Waals surface area contributed by atoms with Crippen LogP contribution in [0.5, 0.6) is 5.75 Å². The van der Waals surface area contributed by atoms with E-state index in [1.807, 2.05) is 42.5 Å². The van der Waals surface area contributed by atoms with E-state index in [4.69, 9.17) is 4.74 Å². The van der Waals surface area contributed by atoms with E-state index in [0.29, 0.717) is 30.2 Å². The average molecular weight is 354 g/mol. The van der Waals surface area contributed by atoms with Crippen molar-refractivity contribution in [3.05, 3.63) is 65.7 Å². The number of tetrazole rings is 1. The smallest absolute Gasteiger partial charge is 0.209 e. The number of aromatic nitrogens is 4. The molecule has 0 aliphatic heterocycles. The molecule has 0 saturated heterocycles. The number of hydrogen-bond donors (Lipinski definition) is 0. The van der Waals surface area contributed by atoms with Gasteiger partial charge < -0.3 is 4.74 Å². The lowest BCUT2D eigenvalue weighted by atomic mass is 10.1. The maximum atomic E-state index is 11.6. The van der Waals surface area contributed by atoms with Gasteiger partial charge in [-0.2, -0.15) is 0 Å². The first kappa shape index (κ1) is 17.2. The van der Waals surface area contributed by atoms with E-state index in [-0.39, 0.29) is 5.78 Å². The van der Waals surface area contributed by atoms with Gasteiger partial charge in [0.25, 0.3) is 0 Å². The minimum Gasteiger partial charge on any atom is -0.492 e. The zero-order valence-corrected chi connectivity index (χ0v) is 14.6. The van der Waals surface area contributed by atoms with Crippen molar-refractivity contribution in [3.8, 4) is 5.75 Å². The second kappa shape index (κ2) is 8.43. The first-order valence-corrected chi connectivity index (χ1v) is 8.88. The third kappa shape index (κ3) is 4.67. The minimum atomic E-state index is -0.00458. The Bertz CT molecular complexity index is 836. The molecule has 0 saturated carbocycles. The average Bonchev–Trinajstić information content (AvgIpc) is 3.07. The van der Waals surface area contributed by atoms with E-state index < -0.39 is 0 Å². The largest absolute Gasteiger partial charge is 0.492 e. The van der Waals surface area contributed by atoms with E-state index in [0.717, 1.165) is 10.7 Å². The van der Waals surface area contributed by atoms with Crippen molar-refractivity contribution in [1.82, 2.24) is 20.2 Å². The molecule has 0 unspecified atom stereocenters. The standard InChI is InChI=1S/C18H18N4O2S/c1-14(23)16-9-5-6-10-17(16)24-11-12-25-18-19-20-21-22(18)13-15-7-3-2-4-8-15/h2-10H,11-13H2,1H3. The van der Waals surface area contributed by atoms with Gasteiger partial charge in [0.05, 0.1) is 18.7 Å². The Kier molecular flexibility index (Phi) is 5.79. The fraction of sp³-hybridized carbons (Fsp3) is 0.222. The normalized spacial score (nSPS) is 10.6. The molecule has 0 aliphatic rings. The Morgan fingerprint density at radius 3 is 2.68 bits per heavy atom. The lowest BCUT2D eigenvalue weighted by Crippen LogP contribution is -2.07. The molecule has 0 N–H and O–H groups in total. The van der Waals surface area contributed by atoms with Crippen molar-refractivity contribution in [3.63, 3.8) is 0 Å². The summed E-state index contributed by atoms with van der Waals surface area (Å²) in [6.07, 6.45) is 0. The maximum Gasteiger partial charge on any atom is 0.209 e. The minimum absolute atomic E-state index is 0.00458. The van der Waals surface area contributed by atoms with Crippen LogP contribution in [0.2, 0.25) is 0 Å².